The van der Waals surface area contributed by atoms with Gasteiger partial charge in [0.15, 0.2) is 0 Å². The van der Waals surface area contributed by atoms with E-state index in [-0.39, 0.29) is 11.9 Å². The molecule has 1 N–H and O–H groups in total. The highest BCUT2D eigenvalue weighted by Crippen LogP contribution is 2.25. The maximum Gasteiger partial charge on any atom is 0.128 e. The minimum Gasteiger partial charge on any atom is -0.393 e. The summed E-state index contributed by atoms with van der Waals surface area (Å²) in [6.45, 7) is 4.19. The predicted octanol–water partition coefficient (Wildman–Crippen LogP) is 3.09. The van der Waals surface area contributed by atoms with Crippen LogP contribution in [0.2, 0.25) is 0 Å². The fourth-order valence-corrected chi connectivity index (χ4v) is 3.04. The molecule has 0 bridgehead atoms. The Bertz CT molecular complexity index is 630. The van der Waals surface area contributed by atoms with Crippen molar-refractivity contribution in [2.24, 2.45) is 5.92 Å². The van der Waals surface area contributed by atoms with Gasteiger partial charge in [0.1, 0.15) is 5.82 Å². The van der Waals surface area contributed by atoms with Crippen molar-refractivity contribution in [1.29, 1.82) is 0 Å². The number of aliphatic hydroxyl groups excluding tert-OH is 1. The minimum absolute atomic E-state index is 0.171. The first-order chi connectivity index (χ1) is 10.6. The Morgan fingerprint density at radius 1 is 1.27 bits per heavy atom. The van der Waals surface area contributed by atoms with Gasteiger partial charge < -0.3 is 5.11 Å². The summed E-state index contributed by atoms with van der Waals surface area (Å²) in [7, 11) is 0. The Labute approximate surface area is 130 Å². The van der Waals surface area contributed by atoms with Crippen LogP contribution in [0.1, 0.15) is 18.9 Å². The summed E-state index contributed by atoms with van der Waals surface area (Å²) in [5, 5.41) is 9.65. The average molecular weight is 300 g/mol. The molecule has 2 atom stereocenters. The van der Waals surface area contributed by atoms with Crippen LogP contribution >= 0.6 is 0 Å². The number of aliphatic hydroxyl groups is 1. The molecule has 0 amide bonds. The van der Waals surface area contributed by atoms with E-state index in [0.29, 0.717) is 18.0 Å². The zero-order valence-electron chi connectivity index (χ0n) is 12.7. The zero-order chi connectivity index (χ0) is 15.5. The average Bonchev–Trinajstić information content (AvgIpc) is 2.99. The summed E-state index contributed by atoms with van der Waals surface area (Å²) in [5.41, 5.74) is 2.55. The SMILES string of the molecule is CC(O)C1CCN(Cc2ccc(-c3ccncc3)cc2F)C1. The molecule has 3 nitrogen and oxygen atoms in total. The molecule has 3 rings (SSSR count). The smallest absolute Gasteiger partial charge is 0.128 e. The van der Waals surface area contributed by atoms with Crippen molar-refractivity contribution in [3.05, 3.63) is 54.1 Å². The number of aromatic nitrogens is 1. The number of hydrogen-bond acceptors (Lipinski definition) is 3. The normalized spacial score (nSPS) is 20.2. The molecule has 22 heavy (non-hydrogen) atoms. The maximum absolute atomic E-state index is 14.4. The monoisotopic (exact) mass is 300 g/mol. The lowest BCUT2D eigenvalue weighted by Gasteiger charge is -2.18. The Morgan fingerprint density at radius 2 is 2.05 bits per heavy atom. The van der Waals surface area contributed by atoms with Gasteiger partial charge in [0.2, 0.25) is 0 Å². The van der Waals surface area contributed by atoms with Crippen LogP contribution in [0.3, 0.4) is 0 Å². The lowest BCUT2D eigenvalue weighted by Crippen LogP contribution is -2.24. The van der Waals surface area contributed by atoms with Gasteiger partial charge in [-0.05, 0) is 55.1 Å². The summed E-state index contributed by atoms with van der Waals surface area (Å²) in [5.74, 6) is 0.133. The fourth-order valence-electron chi connectivity index (χ4n) is 3.04. The molecule has 1 aromatic heterocycles. The van der Waals surface area contributed by atoms with Crippen LogP contribution in [0.25, 0.3) is 11.1 Å². The van der Waals surface area contributed by atoms with Crippen molar-refractivity contribution < 1.29 is 9.50 Å². The second-order valence-electron chi connectivity index (χ2n) is 6.07. The number of rotatable bonds is 4. The van der Waals surface area contributed by atoms with Gasteiger partial charge >= 0.3 is 0 Å². The second kappa shape index (κ2) is 6.55. The quantitative estimate of drug-likeness (QED) is 0.942. The lowest BCUT2D eigenvalue weighted by atomic mass is 10.0. The Kier molecular flexibility index (Phi) is 4.50. The standard InChI is InChI=1S/C18H21FN2O/c1-13(22)16-6-9-21(11-16)12-17-3-2-15(10-18(17)19)14-4-7-20-8-5-14/h2-5,7-8,10,13,16,22H,6,9,11-12H2,1H3. The van der Waals surface area contributed by atoms with Gasteiger partial charge in [0.25, 0.3) is 0 Å². The van der Waals surface area contributed by atoms with Gasteiger partial charge in [-0.3, -0.25) is 9.88 Å². The van der Waals surface area contributed by atoms with Crippen molar-refractivity contribution in [2.45, 2.75) is 26.0 Å². The Hall–Kier alpha value is -1.78. The Morgan fingerprint density at radius 3 is 2.68 bits per heavy atom. The van der Waals surface area contributed by atoms with E-state index >= 15 is 0 Å². The van der Waals surface area contributed by atoms with Crippen molar-refractivity contribution in [3.63, 3.8) is 0 Å². The van der Waals surface area contributed by atoms with Crippen LogP contribution < -0.4 is 0 Å². The molecule has 1 fully saturated rings. The van der Waals surface area contributed by atoms with E-state index in [0.717, 1.165) is 30.6 Å². The summed E-state index contributed by atoms with van der Waals surface area (Å²) in [4.78, 5) is 6.19. The van der Waals surface area contributed by atoms with Crippen LogP contribution in [-0.2, 0) is 6.54 Å². The van der Waals surface area contributed by atoms with Crippen LogP contribution in [-0.4, -0.2) is 34.2 Å². The van der Waals surface area contributed by atoms with E-state index in [2.05, 4.69) is 9.88 Å². The molecular weight excluding hydrogens is 279 g/mol. The summed E-state index contributed by atoms with van der Waals surface area (Å²) in [6, 6.07) is 9.16. The van der Waals surface area contributed by atoms with Gasteiger partial charge in [-0.25, -0.2) is 4.39 Å². The van der Waals surface area contributed by atoms with Gasteiger partial charge in [-0.15, -0.1) is 0 Å². The second-order valence-corrected chi connectivity index (χ2v) is 6.07. The van der Waals surface area contributed by atoms with Crippen molar-refractivity contribution in [1.82, 2.24) is 9.88 Å². The third-order valence-corrected chi connectivity index (χ3v) is 4.45. The first-order valence-electron chi connectivity index (χ1n) is 7.73. The number of nitrogens with zero attached hydrogens (tertiary/aromatic N) is 2. The fraction of sp³-hybridized carbons (Fsp3) is 0.389. The highest BCUT2D eigenvalue weighted by Gasteiger charge is 2.26. The number of likely N-dealkylation sites (tertiary alicyclic amines) is 1. The zero-order valence-corrected chi connectivity index (χ0v) is 12.7. The number of pyridine rings is 1. The van der Waals surface area contributed by atoms with E-state index < -0.39 is 0 Å². The van der Waals surface area contributed by atoms with E-state index in [4.69, 9.17) is 0 Å². The first kappa shape index (κ1) is 15.1. The van der Waals surface area contributed by atoms with Gasteiger partial charge in [-0.2, -0.15) is 0 Å². The molecule has 0 aliphatic carbocycles. The van der Waals surface area contributed by atoms with Crippen LogP contribution in [0.4, 0.5) is 4.39 Å². The molecule has 2 aromatic rings. The number of hydrogen-bond donors (Lipinski definition) is 1. The van der Waals surface area contributed by atoms with Gasteiger partial charge in [0.05, 0.1) is 6.10 Å². The van der Waals surface area contributed by atoms with E-state index in [1.807, 2.05) is 31.2 Å². The van der Waals surface area contributed by atoms with Gasteiger partial charge in [-0.1, -0.05) is 12.1 Å². The molecule has 2 heterocycles. The molecule has 1 saturated heterocycles. The van der Waals surface area contributed by atoms with Crippen molar-refractivity contribution in [3.8, 4) is 11.1 Å². The molecule has 116 valence electrons. The van der Waals surface area contributed by atoms with E-state index in [9.17, 15) is 9.50 Å². The van der Waals surface area contributed by atoms with Crippen molar-refractivity contribution >= 4 is 0 Å². The van der Waals surface area contributed by atoms with Crippen LogP contribution in [0, 0.1) is 11.7 Å². The summed E-state index contributed by atoms with van der Waals surface area (Å²) < 4.78 is 14.4. The summed E-state index contributed by atoms with van der Waals surface area (Å²) in [6.07, 6.45) is 4.11. The minimum atomic E-state index is -0.288. The molecule has 0 saturated carbocycles. The van der Waals surface area contributed by atoms with E-state index in [1.165, 1.54) is 0 Å². The lowest BCUT2D eigenvalue weighted by molar-refractivity contribution is 0.127. The summed E-state index contributed by atoms with van der Waals surface area (Å²) >= 11 is 0. The first-order valence-corrected chi connectivity index (χ1v) is 7.73. The third kappa shape index (κ3) is 3.34. The number of halogens is 1. The topological polar surface area (TPSA) is 36.4 Å². The molecule has 1 aliphatic heterocycles. The third-order valence-electron chi connectivity index (χ3n) is 4.45. The van der Waals surface area contributed by atoms with Crippen LogP contribution in [0.5, 0.6) is 0 Å². The molecule has 1 aliphatic rings. The molecule has 2 unspecified atom stereocenters. The molecule has 0 radical (unpaired) electrons. The molecule has 0 spiro atoms. The predicted molar refractivity (Wildman–Crippen MR) is 84.7 cm³/mol. The molecule has 4 heteroatoms. The molecular formula is C18H21FN2O. The number of benzene rings is 1. The highest BCUT2D eigenvalue weighted by molar-refractivity contribution is 5.63. The Balaban J connectivity index is 1.71. The largest absolute Gasteiger partial charge is 0.393 e. The van der Waals surface area contributed by atoms with Crippen molar-refractivity contribution in [2.75, 3.05) is 13.1 Å². The molecule has 1 aromatic carbocycles. The maximum atomic E-state index is 14.4. The van der Waals surface area contributed by atoms with Crippen LogP contribution in [0.15, 0.2) is 42.7 Å². The van der Waals surface area contributed by atoms with E-state index in [1.54, 1.807) is 18.5 Å². The van der Waals surface area contributed by atoms with Gasteiger partial charge in [0, 0.05) is 31.0 Å². The highest BCUT2D eigenvalue weighted by atomic mass is 19.1.